The van der Waals surface area contributed by atoms with Crippen LogP contribution in [0.25, 0.3) is 22.8 Å². The highest BCUT2D eigenvalue weighted by molar-refractivity contribution is 6.35. The van der Waals surface area contributed by atoms with Gasteiger partial charge in [-0.1, -0.05) is 62.4 Å². The molecule has 0 atom stereocenters. The van der Waals surface area contributed by atoms with Crippen molar-refractivity contribution in [2.45, 2.75) is 26.8 Å². The van der Waals surface area contributed by atoms with Gasteiger partial charge in [-0.15, -0.1) is 0 Å². The van der Waals surface area contributed by atoms with E-state index in [9.17, 15) is 9.59 Å². The van der Waals surface area contributed by atoms with E-state index in [4.69, 9.17) is 0 Å². The highest BCUT2D eigenvalue weighted by Gasteiger charge is 2.26. The molecule has 1 aliphatic rings. The van der Waals surface area contributed by atoms with Crippen molar-refractivity contribution in [3.8, 4) is 11.1 Å². The van der Waals surface area contributed by atoms with Crippen LogP contribution < -0.4 is 16.0 Å². The van der Waals surface area contributed by atoms with Crippen molar-refractivity contribution in [1.29, 1.82) is 0 Å². The summed E-state index contributed by atoms with van der Waals surface area (Å²) in [5, 5.41) is 9.23. The SMILES string of the molecule is Cc1[nH]c(/C=C2\C(=O)Nc3ccccc32)c(-c2ccccc2)c1C(=O)NCCNC(C)C. The Morgan fingerprint density at radius 3 is 2.50 bits per heavy atom. The van der Waals surface area contributed by atoms with Gasteiger partial charge in [-0.3, -0.25) is 9.59 Å². The van der Waals surface area contributed by atoms with Crippen molar-refractivity contribution in [3.63, 3.8) is 0 Å². The number of fused-ring (bicyclic) bond motifs is 1. The summed E-state index contributed by atoms with van der Waals surface area (Å²) in [5.74, 6) is -0.285. The number of benzene rings is 2. The third-order valence-corrected chi connectivity index (χ3v) is 5.47. The van der Waals surface area contributed by atoms with E-state index in [-0.39, 0.29) is 11.8 Å². The van der Waals surface area contributed by atoms with Crippen molar-refractivity contribution >= 4 is 29.2 Å². The molecule has 0 saturated heterocycles. The summed E-state index contributed by atoms with van der Waals surface area (Å²) in [6, 6.07) is 17.8. The number of nitrogens with one attached hydrogen (secondary N) is 4. The number of aromatic amines is 1. The Hall–Kier alpha value is -3.64. The maximum Gasteiger partial charge on any atom is 0.256 e. The highest BCUT2D eigenvalue weighted by Crippen LogP contribution is 2.36. The highest BCUT2D eigenvalue weighted by atomic mass is 16.2. The first-order chi connectivity index (χ1) is 15.5. The topological polar surface area (TPSA) is 86.0 Å². The normalized spacial score (nSPS) is 14.0. The molecule has 0 saturated carbocycles. The van der Waals surface area contributed by atoms with E-state index in [0.29, 0.717) is 30.3 Å². The average molecular weight is 429 g/mol. The zero-order valence-electron chi connectivity index (χ0n) is 18.6. The first-order valence-corrected chi connectivity index (χ1v) is 10.9. The van der Waals surface area contributed by atoms with Gasteiger partial charge in [0.2, 0.25) is 0 Å². The number of carbonyl (C=O) groups is 2. The number of para-hydroxylation sites is 1. The summed E-state index contributed by atoms with van der Waals surface area (Å²) in [4.78, 5) is 29.2. The fourth-order valence-electron chi connectivity index (χ4n) is 4.00. The summed E-state index contributed by atoms with van der Waals surface area (Å²) < 4.78 is 0. The molecule has 2 aromatic carbocycles. The van der Waals surface area contributed by atoms with E-state index in [1.54, 1.807) is 0 Å². The molecular formula is C26H28N4O2. The van der Waals surface area contributed by atoms with E-state index in [1.165, 1.54) is 0 Å². The number of H-pyrrole nitrogens is 1. The number of aromatic nitrogens is 1. The van der Waals surface area contributed by atoms with Crippen molar-refractivity contribution in [3.05, 3.63) is 77.1 Å². The van der Waals surface area contributed by atoms with Gasteiger partial charge in [-0.25, -0.2) is 0 Å². The maximum atomic E-state index is 13.2. The fraction of sp³-hybridized carbons (Fsp3) is 0.231. The van der Waals surface area contributed by atoms with Crippen LogP contribution in [0.4, 0.5) is 5.69 Å². The van der Waals surface area contributed by atoms with Gasteiger partial charge in [-0.05, 0) is 24.6 Å². The van der Waals surface area contributed by atoms with E-state index < -0.39 is 0 Å². The number of hydrogen-bond acceptors (Lipinski definition) is 3. The Labute approximate surface area is 188 Å². The quantitative estimate of drug-likeness (QED) is 0.336. The Morgan fingerprint density at radius 2 is 1.75 bits per heavy atom. The minimum absolute atomic E-state index is 0.135. The van der Waals surface area contributed by atoms with Crippen LogP contribution in [0.5, 0.6) is 0 Å². The summed E-state index contributed by atoms with van der Waals surface area (Å²) >= 11 is 0. The summed E-state index contributed by atoms with van der Waals surface area (Å²) in [6.07, 6.45) is 1.84. The first-order valence-electron chi connectivity index (χ1n) is 10.9. The second kappa shape index (κ2) is 9.24. The minimum Gasteiger partial charge on any atom is -0.358 e. The number of anilines is 1. The molecule has 1 aromatic heterocycles. The molecular weight excluding hydrogens is 400 g/mol. The number of aryl methyl sites for hydroxylation is 1. The Morgan fingerprint density at radius 1 is 1.03 bits per heavy atom. The first kappa shape index (κ1) is 21.6. The molecule has 2 heterocycles. The van der Waals surface area contributed by atoms with Crippen LogP contribution in [0.2, 0.25) is 0 Å². The number of amides is 2. The molecule has 0 unspecified atom stereocenters. The molecule has 32 heavy (non-hydrogen) atoms. The number of hydrogen-bond donors (Lipinski definition) is 4. The largest absolute Gasteiger partial charge is 0.358 e. The van der Waals surface area contributed by atoms with Crippen LogP contribution in [0, 0.1) is 6.92 Å². The van der Waals surface area contributed by atoms with Crippen LogP contribution in [0.3, 0.4) is 0 Å². The summed E-state index contributed by atoms with van der Waals surface area (Å²) in [5.41, 5.74) is 6.03. The van der Waals surface area contributed by atoms with Gasteiger partial charge >= 0.3 is 0 Å². The van der Waals surface area contributed by atoms with Crippen LogP contribution >= 0.6 is 0 Å². The smallest absolute Gasteiger partial charge is 0.256 e. The maximum absolute atomic E-state index is 13.2. The summed E-state index contributed by atoms with van der Waals surface area (Å²) in [7, 11) is 0. The zero-order chi connectivity index (χ0) is 22.7. The lowest BCUT2D eigenvalue weighted by atomic mass is 9.97. The molecule has 0 spiro atoms. The molecule has 1 aliphatic heterocycles. The van der Waals surface area contributed by atoms with Gasteiger partial charge < -0.3 is 20.9 Å². The monoisotopic (exact) mass is 428 g/mol. The molecule has 0 aliphatic carbocycles. The van der Waals surface area contributed by atoms with Crippen LogP contribution in [-0.4, -0.2) is 35.9 Å². The molecule has 2 amide bonds. The molecule has 0 bridgehead atoms. The third kappa shape index (κ3) is 4.36. The van der Waals surface area contributed by atoms with Gasteiger partial charge in [0.1, 0.15) is 0 Å². The van der Waals surface area contributed by atoms with Gasteiger partial charge in [-0.2, -0.15) is 0 Å². The molecule has 3 aromatic rings. The van der Waals surface area contributed by atoms with Crippen molar-refractivity contribution in [2.75, 3.05) is 18.4 Å². The lowest BCUT2D eigenvalue weighted by molar-refractivity contribution is -0.110. The molecule has 164 valence electrons. The predicted molar refractivity (Wildman–Crippen MR) is 129 cm³/mol. The minimum atomic E-state index is -0.150. The Kier molecular flexibility index (Phi) is 6.23. The molecule has 0 fully saturated rings. The Bertz CT molecular complexity index is 1180. The lowest BCUT2D eigenvalue weighted by Gasteiger charge is -2.11. The summed E-state index contributed by atoms with van der Waals surface area (Å²) in [6.45, 7) is 7.26. The van der Waals surface area contributed by atoms with Crippen molar-refractivity contribution in [1.82, 2.24) is 15.6 Å². The lowest BCUT2D eigenvalue weighted by Crippen LogP contribution is -2.34. The molecule has 4 rings (SSSR count). The van der Waals surface area contributed by atoms with Gasteiger partial charge in [0.25, 0.3) is 11.8 Å². The molecule has 6 nitrogen and oxygen atoms in total. The molecule has 6 heteroatoms. The zero-order valence-corrected chi connectivity index (χ0v) is 18.6. The number of rotatable bonds is 7. The van der Waals surface area contributed by atoms with Gasteiger partial charge in [0.15, 0.2) is 0 Å². The standard InChI is InChI=1S/C26H28N4O2/c1-16(2)27-13-14-28-26(32)23-17(3)29-22(24(23)18-9-5-4-6-10-18)15-20-19-11-7-8-12-21(19)30-25(20)31/h4-12,15-16,27,29H,13-14H2,1-3H3,(H,28,32)(H,30,31)/b20-15-. The van der Waals surface area contributed by atoms with E-state index >= 15 is 0 Å². The third-order valence-electron chi connectivity index (χ3n) is 5.47. The van der Waals surface area contributed by atoms with Crippen molar-refractivity contribution in [2.24, 2.45) is 0 Å². The van der Waals surface area contributed by atoms with Crippen molar-refractivity contribution < 1.29 is 9.59 Å². The van der Waals surface area contributed by atoms with Crippen LogP contribution in [0.15, 0.2) is 54.6 Å². The predicted octanol–water partition coefficient (Wildman–Crippen LogP) is 4.21. The molecule has 0 radical (unpaired) electrons. The van der Waals surface area contributed by atoms with E-state index in [0.717, 1.165) is 33.8 Å². The van der Waals surface area contributed by atoms with E-state index in [1.807, 2.05) is 67.6 Å². The second-order valence-corrected chi connectivity index (χ2v) is 8.20. The van der Waals surface area contributed by atoms with Gasteiger partial charge in [0, 0.05) is 47.3 Å². The second-order valence-electron chi connectivity index (χ2n) is 8.20. The Balaban J connectivity index is 1.75. The fourth-order valence-corrected chi connectivity index (χ4v) is 4.00. The molecule has 4 N–H and O–H groups in total. The number of carbonyl (C=O) groups excluding carboxylic acids is 2. The van der Waals surface area contributed by atoms with Crippen LogP contribution in [0.1, 0.15) is 41.2 Å². The van der Waals surface area contributed by atoms with Crippen LogP contribution in [-0.2, 0) is 4.79 Å². The van der Waals surface area contributed by atoms with E-state index in [2.05, 4.69) is 34.8 Å². The average Bonchev–Trinajstić information content (AvgIpc) is 3.28. The van der Waals surface area contributed by atoms with Gasteiger partial charge in [0.05, 0.1) is 11.1 Å².